The van der Waals surface area contributed by atoms with Crippen LogP contribution in [0.4, 0.5) is 13.2 Å². The molecule has 0 aliphatic heterocycles. The lowest BCUT2D eigenvalue weighted by atomic mass is 10.1. The number of amides is 1. The minimum absolute atomic E-state index is 0.0829. The van der Waals surface area contributed by atoms with Gasteiger partial charge in [-0.1, -0.05) is 23.9 Å². The van der Waals surface area contributed by atoms with Gasteiger partial charge in [0.1, 0.15) is 6.33 Å². The minimum atomic E-state index is -4.37. The Kier molecular flexibility index (Phi) is 5.15. The lowest BCUT2D eigenvalue weighted by Crippen LogP contribution is -2.19. The molecule has 0 fully saturated rings. The molecule has 2 N–H and O–H groups in total. The Bertz CT molecular complexity index is 640. The third-order valence-corrected chi connectivity index (χ3v) is 3.25. The van der Waals surface area contributed by atoms with Crippen molar-refractivity contribution in [2.45, 2.75) is 11.3 Å². The van der Waals surface area contributed by atoms with Crippen LogP contribution in [-0.2, 0) is 11.0 Å². The molecule has 0 spiro atoms. The van der Waals surface area contributed by atoms with Crippen LogP contribution < -0.4 is 5.43 Å². The topological polar surface area (TPSA) is 83.0 Å². The summed E-state index contributed by atoms with van der Waals surface area (Å²) in [5, 5.41) is 10.4. The zero-order valence-corrected chi connectivity index (χ0v) is 11.8. The van der Waals surface area contributed by atoms with Gasteiger partial charge in [-0.05, 0) is 17.7 Å². The molecule has 0 unspecified atom stereocenters. The molecule has 6 nitrogen and oxygen atoms in total. The summed E-state index contributed by atoms with van der Waals surface area (Å²) in [4.78, 5) is 15.3. The predicted molar refractivity (Wildman–Crippen MR) is 74.3 cm³/mol. The van der Waals surface area contributed by atoms with Crippen LogP contribution in [0.25, 0.3) is 0 Å². The smallest absolute Gasteiger partial charge is 0.272 e. The minimum Gasteiger partial charge on any atom is -0.272 e. The molecule has 0 aliphatic carbocycles. The Hall–Kier alpha value is -2.36. The van der Waals surface area contributed by atoms with Crippen molar-refractivity contribution < 1.29 is 18.0 Å². The number of H-pyrrole nitrogens is 1. The van der Waals surface area contributed by atoms with Gasteiger partial charge in [-0.2, -0.15) is 23.4 Å². The Morgan fingerprint density at radius 1 is 1.36 bits per heavy atom. The molecule has 0 radical (unpaired) electrons. The summed E-state index contributed by atoms with van der Waals surface area (Å²) < 4.78 is 37.1. The molecule has 116 valence electrons. The normalized spacial score (nSPS) is 11.8. The lowest BCUT2D eigenvalue weighted by Gasteiger charge is -2.05. The van der Waals surface area contributed by atoms with Crippen molar-refractivity contribution in [1.82, 2.24) is 20.6 Å². The van der Waals surface area contributed by atoms with E-state index in [1.54, 1.807) is 0 Å². The maximum Gasteiger partial charge on any atom is 0.416 e. The van der Waals surface area contributed by atoms with Crippen LogP contribution >= 0.6 is 11.8 Å². The highest BCUT2D eigenvalue weighted by Crippen LogP contribution is 2.28. The Balaban J connectivity index is 1.80. The molecule has 1 aromatic heterocycles. The van der Waals surface area contributed by atoms with Gasteiger partial charge in [0.15, 0.2) is 5.16 Å². The molecule has 0 bridgehead atoms. The number of halogens is 3. The van der Waals surface area contributed by atoms with Crippen molar-refractivity contribution in [2.75, 3.05) is 5.75 Å². The number of nitrogens with one attached hydrogen (secondary N) is 2. The second-order valence-electron chi connectivity index (χ2n) is 3.99. The van der Waals surface area contributed by atoms with Crippen molar-refractivity contribution in [3.63, 3.8) is 0 Å². The maximum absolute atomic E-state index is 12.4. The highest BCUT2D eigenvalue weighted by Gasteiger charge is 2.29. The first-order valence-corrected chi connectivity index (χ1v) is 6.91. The van der Waals surface area contributed by atoms with Gasteiger partial charge in [0, 0.05) is 0 Å². The van der Waals surface area contributed by atoms with E-state index < -0.39 is 11.7 Å². The SMILES string of the molecule is O=C(CSc1ncn[nH]1)NN=Cc1ccc(C(F)(F)F)cc1. The number of carbonyl (C=O) groups is 1. The Morgan fingerprint density at radius 2 is 2.09 bits per heavy atom. The molecule has 10 heteroatoms. The molecule has 2 aromatic rings. The van der Waals surface area contributed by atoms with Crippen LogP contribution in [0.2, 0.25) is 0 Å². The van der Waals surface area contributed by atoms with Crippen LogP contribution in [0.15, 0.2) is 40.9 Å². The van der Waals surface area contributed by atoms with E-state index in [1.165, 1.54) is 24.7 Å². The molecule has 1 heterocycles. The van der Waals surface area contributed by atoms with E-state index in [2.05, 4.69) is 25.7 Å². The predicted octanol–water partition coefficient (Wildman–Crippen LogP) is 2.07. The zero-order valence-electron chi connectivity index (χ0n) is 11.0. The number of rotatable bonds is 5. The van der Waals surface area contributed by atoms with Gasteiger partial charge >= 0.3 is 6.18 Å². The monoisotopic (exact) mass is 329 g/mol. The summed E-state index contributed by atoms with van der Waals surface area (Å²) in [6, 6.07) is 4.43. The van der Waals surface area contributed by atoms with Gasteiger partial charge in [0.05, 0.1) is 17.5 Å². The van der Waals surface area contributed by atoms with Gasteiger partial charge in [0.2, 0.25) is 0 Å². The zero-order chi connectivity index (χ0) is 16.0. The molecule has 1 amide bonds. The standard InChI is InChI=1S/C12H10F3N5OS/c13-12(14,15)9-3-1-8(2-4-9)5-17-19-10(21)6-22-11-16-7-18-20-11/h1-5,7H,6H2,(H,19,21)(H,16,18,20). The van der Waals surface area contributed by atoms with E-state index in [0.29, 0.717) is 10.7 Å². The first kappa shape index (κ1) is 16.0. The van der Waals surface area contributed by atoms with Crippen LogP contribution in [-0.4, -0.2) is 33.1 Å². The third kappa shape index (κ3) is 4.88. The number of hydrazone groups is 1. The first-order valence-electron chi connectivity index (χ1n) is 5.92. The molecule has 1 aromatic carbocycles. The molecule has 22 heavy (non-hydrogen) atoms. The largest absolute Gasteiger partial charge is 0.416 e. The molecular formula is C12H10F3N5OS. The van der Waals surface area contributed by atoms with Crippen molar-refractivity contribution >= 4 is 23.9 Å². The van der Waals surface area contributed by atoms with Crippen molar-refractivity contribution in [3.05, 3.63) is 41.7 Å². The lowest BCUT2D eigenvalue weighted by molar-refractivity contribution is -0.137. The van der Waals surface area contributed by atoms with Crippen LogP contribution in [0.1, 0.15) is 11.1 Å². The number of aromatic amines is 1. The number of alkyl halides is 3. The van der Waals surface area contributed by atoms with E-state index in [-0.39, 0.29) is 11.7 Å². The van der Waals surface area contributed by atoms with Gasteiger partial charge in [0.25, 0.3) is 5.91 Å². The highest BCUT2D eigenvalue weighted by molar-refractivity contribution is 7.99. The summed E-state index contributed by atoms with van der Waals surface area (Å²) in [7, 11) is 0. The van der Waals surface area contributed by atoms with Gasteiger partial charge in [-0.25, -0.2) is 10.4 Å². The first-order chi connectivity index (χ1) is 10.4. The van der Waals surface area contributed by atoms with E-state index in [1.807, 2.05) is 0 Å². The van der Waals surface area contributed by atoms with Crippen molar-refractivity contribution in [2.24, 2.45) is 5.10 Å². The molecule has 0 atom stereocenters. The van der Waals surface area contributed by atoms with Crippen molar-refractivity contribution in [3.8, 4) is 0 Å². The number of carbonyl (C=O) groups excluding carboxylic acids is 1. The number of nitrogens with zero attached hydrogens (tertiary/aromatic N) is 3. The number of hydrogen-bond donors (Lipinski definition) is 2. The summed E-state index contributed by atoms with van der Waals surface area (Å²) >= 11 is 1.15. The van der Waals surface area contributed by atoms with Gasteiger partial charge < -0.3 is 0 Å². The van der Waals surface area contributed by atoms with E-state index in [4.69, 9.17) is 0 Å². The average molecular weight is 329 g/mol. The fourth-order valence-corrected chi connectivity index (χ4v) is 1.94. The number of hydrogen-bond acceptors (Lipinski definition) is 5. The Morgan fingerprint density at radius 3 is 2.68 bits per heavy atom. The van der Waals surface area contributed by atoms with E-state index in [0.717, 1.165) is 23.9 Å². The van der Waals surface area contributed by atoms with Crippen LogP contribution in [0.5, 0.6) is 0 Å². The molecule has 0 aliphatic rings. The van der Waals surface area contributed by atoms with Crippen LogP contribution in [0.3, 0.4) is 0 Å². The molecule has 2 rings (SSSR count). The summed E-state index contributed by atoms with van der Waals surface area (Å²) in [6.45, 7) is 0. The number of benzene rings is 1. The number of thioether (sulfide) groups is 1. The fraction of sp³-hybridized carbons (Fsp3) is 0.167. The second kappa shape index (κ2) is 7.07. The van der Waals surface area contributed by atoms with E-state index in [9.17, 15) is 18.0 Å². The summed E-state index contributed by atoms with van der Waals surface area (Å²) in [6.07, 6.45) is -1.79. The van der Waals surface area contributed by atoms with Gasteiger partial charge in [-0.15, -0.1) is 0 Å². The summed E-state index contributed by atoms with van der Waals surface area (Å²) in [5.74, 6) is -0.288. The fourth-order valence-electron chi connectivity index (χ4n) is 1.37. The van der Waals surface area contributed by atoms with Crippen LogP contribution in [0, 0.1) is 0 Å². The highest BCUT2D eigenvalue weighted by atomic mass is 32.2. The second-order valence-corrected chi connectivity index (χ2v) is 4.96. The van der Waals surface area contributed by atoms with Gasteiger partial charge in [-0.3, -0.25) is 9.89 Å². The molecular weight excluding hydrogens is 319 g/mol. The Labute approximate surface area is 127 Å². The number of aromatic nitrogens is 3. The average Bonchev–Trinajstić information content (AvgIpc) is 2.98. The maximum atomic E-state index is 12.4. The molecule has 0 saturated carbocycles. The van der Waals surface area contributed by atoms with E-state index >= 15 is 0 Å². The summed E-state index contributed by atoms with van der Waals surface area (Å²) in [5.41, 5.74) is 1.97. The molecule has 0 saturated heterocycles. The van der Waals surface area contributed by atoms with Crippen molar-refractivity contribution in [1.29, 1.82) is 0 Å². The third-order valence-electron chi connectivity index (χ3n) is 2.37. The quantitative estimate of drug-likeness (QED) is 0.500.